The second-order valence-corrected chi connectivity index (χ2v) is 20.2. The number of halogens is 2. The van der Waals surface area contributed by atoms with Crippen molar-refractivity contribution in [2.24, 2.45) is 10.8 Å². The molecule has 0 atom stereocenters. The van der Waals surface area contributed by atoms with Crippen LogP contribution >= 0.6 is 24.8 Å². The number of benzene rings is 4. The quantitative estimate of drug-likeness (QED) is 0.105. The predicted octanol–water partition coefficient (Wildman–Crippen LogP) is 18.2. The zero-order valence-electron chi connectivity index (χ0n) is 40.1. The fraction of sp³-hybridized carbons (Fsp3) is 0.448. The summed E-state index contributed by atoms with van der Waals surface area (Å²) in [5, 5.41) is 5.63. The molecular formula is C58H78Cl2SiZr-4. The summed E-state index contributed by atoms with van der Waals surface area (Å²) in [6.45, 7) is 21.5. The first kappa shape index (κ1) is 55.9. The van der Waals surface area contributed by atoms with E-state index in [0.717, 1.165) is 0 Å². The maximum absolute atomic E-state index is 3.06. The molecule has 336 valence electrons. The Bertz CT molecular complexity index is 2050. The Labute approximate surface area is 409 Å². The summed E-state index contributed by atoms with van der Waals surface area (Å²) in [5.41, 5.74) is 12.8. The molecule has 0 N–H and O–H groups in total. The van der Waals surface area contributed by atoms with E-state index in [1.54, 1.807) is 0 Å². The molecule has 0 aromatic heterocycles. The summed E-state index contributed by atoms with van der Waals surface area (Å²) in [4.78, 5) is 0. The van der Waals surface area contributed by atoms with E-state index in [-0.39, 0.29) is 50.5 Å². The Hall–Kier alpha value is -2.22. The molecule has 4 heteroatoms. The average Bonchev–Trinajstić information content (AvgIpc) is 3.85. The molecule has 2 fully saturated rings. The van der Waals surface area contributed by atoms with Gasteiger partial charge in [-0.05, 0) is 82.4 Å². The number of hydrogen-bond acceptors (Lipinski definition) is 0. The van der Waals surface area contributed by atoms with Gasteiger partial charge in [-0.2, -0.15) is 12.1 Å². The minimum atomic E-state index is 0. The van der Waals surface area contributed by atoms with Crippen LogP contribution in [0.3, 0.4) is 0 Å². The Kier molecular flexibility index (Phi) is 22.0. The van der Waals surface area contributed by atoms with E-state index in [0.29, 0.717) is 10.8 Å². The third-order valence-corrected chi connectivity index (χ3v) is 14.2. The van der Waals surface area contributed by atoms with E-state index in [1.165, 1.54) is 179 Å². The van der Waals surface area contributed by atoms with Crippen LogP contribution < -0.4 is 0 Å². The van der Waals surface area contributed by atoms with Gasteiger partial charge >= 0.3 is 30.2 Å². The van der Waals surface area contributed by atoms with Gasteiger partial charge in [0.25, 0.3) is 0 Å². The Morgan fingerprint density at radius 1 is 0.500 bits per heavy atom. The van der Waals surface area contributed by atoms with Gasteiger partial charge in [0.15, 0.2) is 0 Å². The summed E-state index contributed by atoms with van der Waals surface area (Å²) in [6.07, 6.45) is 19.3. The molecular weight excluding hydrogens is 887 g/mol. The third-order valence-electron chi connectivity index (χ3n) is 14.2. The molecule has 62 heavy (non-hydrogen) atoms. The molecule has 0 heterocycles. The molecule has 0 aliphatic heterocycles. The zero-order chi connectivity index (χ0) is 41.6. The monoisotopic (exact) mass is 962 g/mol. The van der Waals surface area contributed by atoms with Crippen LogP contribution in [0.25, 0.3) is 43.8 Å². The summed E-state index contributed by atoms with van der Waals surface area (Å²) in [6, 6.07) is 41.8. The maximum atomic E-state index is 3.06. The normalized spacial score (nSPS) is 15.5. The fourth-order valence-electron chi connectivity index (χ4n) is 10.4. The SMILES string of the molecule is CCC1(Cc2cc3c(-c4ccc(C(C)(C)C)cc4)cccc3[cH-]2)CCCCC1.CCC1(Cc2cc3c(-c4ccc(C(C)(C)C)cc4)cccc3[cH-]2)CCCCC1.Cl.Cl.[CH3-].[CH3-].[Si]=[Zr]. The van der Waals surface area contributed by atoms with Crippen LogP contribution in [0.4, 0.5) is 0 Å². The second kappa shape index (κ2) is 24.3. The molecule has 2 saturated carbocycles. The van der Waals surface area contributed by atoms with Crippen molar-refractivity contribution in [3.05, 3.63) is 146 Å². The Morgan fingerprint density at radius 2 is 0.823 bits per heavy atom. The molecule has 8 rings (SSSR count). The van der Waals surface area contributed by atoms with Crippen molar-refractivity contribution in [3.63, 3.8) is 0 Å². The van der Waals surface area contributed by atoms with E-state index < -0.39 is 0 Å². The van der Waals surface area contributed by atoms with E-state index in [9.17, 15) is 0 Å². The van der Waals surface area contributed by atoms with Gasteiger partial charge in [0.05, 0.1) is 0 Å². The zero-order valence-corrected chi connectivity index (χ0v) is 45.2. The average molecular weight is 965 g/mol. The summed E-state index contributed by atoms with van der Waals surface area (Å²) in [5.74, 6) is 0. The second-order valence-electron chi connectivity index (χ2n) is 20.2. The van der Waals surface area contributed by atoms with Crippen molar-refractivity contribution < 1.29 is 23.3 Å². The Balaban J connectivity index is 0.000000386. The number of fused-ring (bicyclic) bond motifs is 2. The molecule has 6 aromatic rings. The Morgan fingerprint density at radius 3 is 1.11 bits per heavy atom. The van der Waals surface area contributed by atoms with Crippen molar-refractivity contribution in [3.8, 4) is 22.3 Å². The van der Waals surface area contributed by atoms with Crippen LogP contribution in [0.5, 0.6) is 0 Å². The van der Waals surface area contributed by atoms with Gasteiger partial charge < -0.3 is 14.9 Å². The van der Waals surface area contributed by atoms with Gasteiger partial charge in [-0.25, -0.2) is 0 Å². The molecule has 0 amide bonds. The van der Waals surface area contributed by atoms with Crippen LogP contribution in [0.1, 0.15) is 155 Å². The summed E-state index contributed by atoms with van der Waals surface area (Å²) < 4.78 is 0. The van der Waals surface area contributed by atoms with Crippen molar-refractivity contribution >= 4 is 53.2 Å². The van der Waals surface area contributed by atoms with Gasteiger partial charge in [0, 0.05) is 0 Å². The molecule has 0 spiro atoms. The first-order valence-corrected chi connectivity index (χ1v) is 26.8. The molecule has 2 aliphatic carbocycles. The van der Waals surface area contributed by atoms with Crippen molar-refractivity contribution in [1.29, 1.82) is 0 Å². The minimum absolute atomic E-state index is 0. The van der Waals surface area contributed by atoms with Crippen molar-refractivity contribution in [1.82, 2.24) is 0 Å². The van der Waals surface area contributed by atoms with Gasteiger partial charge in [0.1, 0.15) is 0 Å². The van der Waals surface area contributed by atoms with Gasteiger partial charge in [0.2, 0.25) is 0 Å². The van der Waals surface area contributed by atoms with E-state index in [2.05, 4.69) is 171 Å². The fourth-order valence-corrected chi connectivity index (χ4v) is 10.4. The third kappa shape index (κ3) is 13.4. The number of rotatable bonds is 8. The first-order valence-electron chi connectivity index (χ1n) is 22.6. The van der Waals surface area contributed by atoms with Crippen LogP contribution in [-0.4, -0.2) is 6.88 Å². The first-order chi connectivity index (χ1) is 27.8. The standard InChI is InChI=1S/2C28H35.2CH3.2ClH.Si.Zr/c2*1-5-28(16-7-6-8-17-28)20-21-18-23-10-9-11-25(26(23)19-21)22-12-14-24(15-13-22)27(2,3)4;;;;;;/h2*9-15,18-19H,5-8,16-17,20H2,1-4H3;2*1H3;2*1H;;/q4*-1;;;;. The van der Waals surface area contributed by atoms with Crippen LogP contribution in [0.15, 0.2) is 109 Å². The van der Waals surface area contributed by atoms with Crippen molar-refractivity contribution in [2.75, 3.05) is 0 Å². The predicted molar refractivity (Wildman–Crippen MR) is 279 cm³/mol. The summed E-state index contributed by atoms with van der Waals surface area (Å²) >= 11 is 1.36. The van der Waals surface area contributed by atoms with Crippen LogP contribution in [0, 0.1) is 25.7 Å². The van der Waals surface area contributed by atoms with Gasteiger partial charge in [-0.3, -0.25) is 0 Å². The van der Waals surface area contributed by atoms with E-state index >= 15 is 0 Å². The van der Waals surface area contributed by atoms with Crippen LogP contribution in [-0.2, 0) is 47.0 Å². The van der Waals surface area contributed by atoms with E-state index in [1.807, 2.05) is 0 Å². The van der Waals surface area contributed by atoms with Crippen LogP contribution in [0.2, 0.25) is 0 Å². The molecule has 2 aliphatic rings. The van der Waals surface area contributed by atoms with Gasteiger partial charge in [-0.1, -0.05) is 179 Å². The van der Waals surface area contributed by atoms with E-state index in [4.69, 9.17) is 0 Å². The molecule has 0 bridgehead atoms. The van der Waals surface area contributed by atoms with Crippen molar-refractivity contribution in [2.45, 2.75) is 156 Å². The molecule has 6 aromatic carbocycles. The molecule has 0 saturated heterocycles. The number of hydrogen-bond donors (Lipinski definition) is 0. The summed E-state index contributed by atoms with van der Waals surface area (Å²) in [7, 11) is 0. The molecule has 0 unspecified atom stereocenters. The molecule has 2 radical (unpaired) electrons. The topological polar surface area (TPSA) is 0 Å². The van der Waals surface area contributed by atoms with Gasteiger partial charge in [-0.15, -0.1) is 93.9 Å². The molecule has 0 nitrogen and oxygen atoms in total.